The molecule has 24 heavy (non-hydrogen) atoms. The second-order valence-corrected chi connectivity index (χ2v) is 4.58. The van der Waals surface area contributed by atoms with Crippen LogP contribution in [-0.2, 0) is 14.3 Å². The fourth-order valence-corrected chi connectivity index (χ4v) is 1.59. The summed E-state index contributed by atoms with van der Waals surface area (Å²) >= 11 is 0. The monoisotopic (exact) mass is 329 g/mol. The highest BCUT2D eigenvalue weighted by Crippen LogP contribution is 2.16. The molecule has 0 aliphatic heterocycles. The Morgan fingerprint density at radius 3 is 2.50 bits per heavy atom. The van der Waals surface area contributed by atoms with Gasteiger partial charge in [-0.3, -0.25) is 0 Å². The molecule has 0 aliphatic carbocycles. The maximum Gasteiger partial charge on any atom is 0.334 e. The first-order valence-corrected chi connectivity index (χ1v) is 7.27. The molecule has 0 amide bonds. The minimum Gasteiger partial charge on any atom is -0.460 e. The van der Waals surface area contributed by atoms with E-state index in [9.17, 15) is 4.79 Å². The van der Waals surface area contributed by atoms with Gasteiger partial charge in [-0.2, -0.15) is 5.26 Å². The van der Waals surface area contributed by atoms with Gasteiger partial charge in [0.2, 0.25) is 0 Å². The predicted molar refractivity (Wildman–Crippen MR) is 93.8 cm³/mol. The Kier molecular flexibility index (Phi) is 12.4. The second-order valence-electron chi connectivity index (χ2n) is 4.58. The van der Waals surface area contributed by atoms with E-state index in [0.29, 0.717) is 0 Å². The lowest BCUT2D eigenvalue weighted by Gasteiger charge is -2.10. The first-order valence-electron chi connectivity index (χ1n) is 7.27. The van der Waals surface area contributed by atoms with Gasteiger partial charge in [0.15, 0.2) is 0 Å². The number of nitriles is 1. The van der Waals surface area contributed by atoms with Crippen molar-refractivity contribution in [2.45, 2.75) is 0 Å². The molecule has 0 heterocycles. The molecule has 5 heteroatoms. The molecule has 0 aromatic heterocycles. The van der Waals surface area contributed by atoms with Crippen LogP contribution in [0.4, 0.5) is 0 Å². The summed E-state index contributed by atoms with van der Waals surface area (Å²) in [5, 5.41) is 17.3. The van der Waals surface area contributed by atoms with Crippen LogP contribution in [0.1, 0.15) is 5.56 Å². The molecule has 1 aromatic carbocycles. The summed E-state index contributed by atoms with van der Waals surface area (Å²) in [7, 11) is 3.25. The largest absolute Gasteiger partial charge is 0.460 e. The van der Waals surface area contributed by atoms with E-state index in [4.69, 9.17) is 15.1 Å². The third-order valence-corrected chi connectivity index (χ3v) is 2.66. The van der Waals surface area contributed by atoms with Gasteiger partial charge in [0, 0.05) is 31.8 Å². The van der Waals surface area contributed by atoms with E-state index >= 15 is 0 Å². The van der Waals surface area contributed by atoms with Crippen molar-refractivity contribution in [3.8, 4) is 6.07 Å². The Labute approximate surface area is 143 Å². The van der Waals surface area contributed by atoms with Crippen molar-refractivity contribution in [2.24, 2.45) is 5.92 Å². The smallest absolute Gasteiger partial charge is 0.334 e. The summed E-state index contributed by atoms with van der Waals surface area (Å²) in [5.74, 6) is -1.02. The van der Waals surface area contributed by atoms with Crippen molar-refractivity contribution in [3.05, 3.63) is 66.3 Å². The maximum atomic E-state index is 11.7. The zero-order valence-electron chi connectivity index (χ0n) is 14.0. The molecule has 0 aliphatic rings. The number of hydrogen-bond donors (Lipinski definition) is 1. The molecule has 5 nitrogen and oxygen atoms in total. The van der Waals surface area contributed by atoms with Gasteiger partial charge in [0.25, 0.3) is 0 Å². The van der Waals surface area contributed by atoms with Gasteiger partial charge in [0.05, 0.1) is 12.7 Å². The number of allylic oxidation sites excluding steroid dienone is 3. The molecule has 0 fully saturated rings. The Balaban J connectivity index is 0.00000163. The lowest BCUT2D eigenvalue weighted by Crippen LogP contribution is -2.14. The van der Waals surface area contributed by atoms with Crippen molar-refractivity contribution in [1.29, 1.82) is 5.26 Å². The quantitative estimate of drug-likeness (QED) is 0.473. The van der Waals surface area contributed by atoms with Crippen LogP contribution in [0.15, 0.2) is 60.7 Å². The first-order chi connectivity index (χ1) is 11.6. The van der Waals surface area contributed by atoms with E-state index in [1.807, 2.05) is 42.5 Å². The highest BCUT2D eigenvalue weighted by Gasteiger charge is 2.15. The summed E-state index contributed by atoms with van der Waals surface area (Å²) in [6.07, 6.45) is 6.48. The van der Waals surface area contributed by atoms with Crippen LogP contribution < -0.4 is 0 Å². The van der Waals surface area contributed by atoms with Crippen molar-refractivity contribution in [2.75, 3.05) is 27.4 Å². The molecule has 1 rings (SSSR count). The Hall–Kier alpha value is -2.68. The first kappa shape index (κ1) is 21.3. The third-order valence-electron chi connectivity index (χ3n) is 2.66. The average Bonchev–Trinajstić information content (AvgIpc) is 2.60. The van der Waals surface area contributed by atoms with Crippen LogP contribution in [0, 0.1) is 17.2 Å². The third kappa shape index (κ3) is 9.36. The lowest BCUT2D eigenvalue weighted by atomic mass is 9.98. The van der Waals surface area contributed by atoms with Gasteiger partial charge in [-0.1, -0.05) is 55.1 Å². The minimum absolute atomic E-state index is 0.0745. The van der Waals surface area contributed by atoms with Gasteiger partial charge in [-0.05, 0) is 5.56 Å². The van der Waals surface area contributed by atoms with Crippen LogP contribution in [0.2, 0.25) is 0 Å². The van der Waals surface area contributed by atoms with E-state index in [0.717, 1.165) is 5.56 Å². The predicted octanol–water partition coefficient (Wildman–Crippen LogP) is 2.75. The van der Waals surface area contributed by atoms with Crippen LogP contribution in [0.5, 0.6) is 0 Å². The van der Waals surface area contributed by atoms with Gasteiger partial charge in [0.1, 0.15) is 6.61 Å². The number of methoxy groups -OCH3 is 1. The van der Waals surface area contributed by atoms with E-state index in [1.54, 1.807) is 26.4 Å². The van der Waals surface area contributed by atoms with Crippen molar-refractivity contribution < 1.29 is 19.4 Å². The molecule has 1 atom stereocenters. The van der Waals surface area contributed by atoms with E-state index < -0.39 is 11.9 Å². The molecular formula is C19H23NO4. The summed E-state index contributed by atoms with van der Waals surface area (Å²) in [6, 6.07) is 11.5. The van der Waals surface area contributed by atoms with Crippen LogP contribution >= 0.6 is 0 Å². The number of hydrogen-bond acceptors (Lipinski definition) is 5. The molecular weight excluding hydrogens is 306 g/mol. The second kappa shape index (κ2) is 13.9. The van der Waals surface area contributed by atoms with Crippen molar-refractivity contribution in [3.63, 3.8) is 0 Å². The average molecular weight is 329 g/mol. The molecule has 1 aromatic rings. The van der Waals surface area contributed by atoms with Gasteiger partial charge in [-0.25, -0.2) is 4.79 Å². The molecule has 0 saturated carbocycles. The zero-order chi connectivity index (χ0) is 18.2. The normalized spacial score (nSPS) is 11.4. The Bertz CT molecular complexity index is 585. The molecule has 128 valence electrons. The van der Waals surface area contributed by atoms with Gasteiger partial charge < -0.3 is 14.6 Å². The maximum absolute atomic E-state index is 11.7. The van der Waals surface area contributed by atoms with Crippen molar-refractivity contribution in [1.82, 2.24) is 0 Å². The molecule has 0 saturated heterocycles. The van der Waals surface area contributed by atoms with E-state index in [2.05, 4.69) is 11.3 Å². The Morgan fingerprint density at radius 1 is 1.33 bits per heavy atom. The molecule has 1 N–H and O–H groups in total. The SMILES string of the molecule is C=C(C(=O)OCCO)C(C=CC#N)C=Cc1ccccc1.COC. The van der Waals surface area contributed by atoms with E-state index in [1.165, 1.54) is 6.08 Å². The van der Waals surface area contributed by atoms with Crippen LogP contribution in [0.25, 0.3) is 6.08 Å². The lowest BCUT2D eigenvalue weighted by molar-refractivity contribution is -0.140. The number of aliphatic hydroxyl groups is 1. The number of benzene rings is 1. The summed E-state index contributed by atoms with van der Waals surface area (Å²) in [5.41, 5.74) is 1.19. The molecule has 0 bridgehead atoms. The number of nitrogens with zero attached hydrogens (tertiary/aromatic N) is 1. The summed E-state index contributed by atoms with van der Waals surface area (Å²) < 4.78 is 9.08. The number of esters is 1. The standard InChI is InChI=1S/C17H17NO3.C2H6O/c1-14(17(20)21-13-12-19)16(8-5-11-18)10-9-15-6-3-2-4-7-15;1-3-2/h2-10,16,19H,1,12-13H2;1-2H3. The number of aliphatic hydroxyl groups excluding tert-OH is 1. The van der Waals surface area contributed by atoms with Gasteiger partial charge in [-0.15, -0.1) is 0 Å². The number of carbonyl (C=O) groups is 1. The summed E-state index contributed by atoms with van der Waals surface area (Å²) in [4.78, 5) is 11.7. The minimum atomic E-state index is -0.589. The molecule has 0 spiro atoms. The topological polar surface area (TPSA) is 79.5 Å². The Morgan fingerprint density at radius 2 is 1.96 bits per heavy atom. The molecule has 0 radical (unpaired) electrons. The number of ether oxygens (including phenoxy) is 2. The van der Waals surface area contributed by atoms with Crippen LogP contribution in [0.3, 0.4) is 0 Å². The number of rotatable bonds is 7. The number of carbonyl (C=O) groups excluding carboxylic acids is 1. The van der Waals surface area contributed by atoms with Crippen molar-refractivity contribution >= 4 is 12.0 Å². The highest BCUT2D eigenvalue weighted by atomic mass is 16.5. The zero-order valence-corrected chi connectivity index (χ0v) is 14.0. The highest BCUT2D eigenvalue weighted by molar-refractivity contribution is 5.89. The molecule has 1 unspecified atom stereocenters. The van der Waals surface area contributed by atoms with Crippen LogP contribution in [-0.4, -0.2) is 38.5 Å². The van der Waals surface area contributed by atoms with E-state index in [-0.39, 0.29) is 18.8 Å². The van der Waals surface area contributed by atoms with Gasteiger partial charge >= 0.3 is 5.97 Å². The fraction of sp³-hybridized carbons (Fsp3) is 0.263. The fourth-order valence-electron chi connectivity index (χ4n) is 1.59. The summed E-state index contributed by atoms with van der Waals surface area (Å²) in [6.45, 7) is 3.39.